The summed E-state index contributed by atoms with van der Waals surface area (Å²) < 4.78 is 1.15. The zero-order valence-corrected chi connectivity index (χ0v) is 18.1. The average Bonchev–Trinajstić information content (AvgIpc) is 3.05. The lowest BCUT2D eigenvalue weighted by atomic mass is 10.0. The molecule has 0 aliphatic heterocycles. The highest BCUT2D eigenvalue weighted by Crippen LogP contribution is 2.34. The van der Waals surface area contributed by atoms with Crippen LogP contribution in [0.25, 0.3) is 10.1 Å². The van der Waals surface area contributed by atoms with Crippen LogP contribution in [0.4, 0.5) is 5.69 Å². The molecule has 3 aromatic carbocycles. The van der Waals surface area contributed by atoms with Crippen molar-refractivity contribution < 1.29 is 4.79 Å². The second-order valence-corrected chi connectivity index (χ2v) is 8.85. The normalized spacial score (nSPS) is 11.0. The molecule has 1 heterocycles. The molecule has 4 aromatic rings. The lowest BCUT2D eigenvalue weighted by Gasteiger charge is -2.13. The van der Waals surface area contributed by atoms with Crippen LogP contribution in [-0.4, -0.2) is 5.91 Å². The van der Waals surface area contributed by atoms with E-state index in [9.17, 15) is 4.79 Å². The Labute approximate surface area is 176 Å². The molecule has 1 amide bonds. The minimum atomic E-state index is -0.0247. The minimum absolute atomic E-state index is 0.0247. The Morgan fingerprint density at radius 2 is 1.52 bits per heavy atom. The van der Waals surface area contributed by atoms with Crippen LogP contribution in [0.2, 0.25) is 0 Å². The topological polar surface area (TPSA) is 29.1 Å². The van der Waals surface area contributed by atoms with E-state index in [1.807, 2.05) is 26.0 Å². The quantitative estimate of drug-likeness (QED) is 0.394. The first-order valence-corrected chi connectivity index (χ1v) is 10.7. The lowest BCUT2D eigenvalue weighted by Crippen LogP contribution is -2.14. The predicted molar refractivity (Wildman–Crippen MR) is 124 cm³/mol. The van der Waals surface area contributed by atoms with Crippen LogP contribution in [0.15, 0.2) is 60.7 Å². The van der Waals surface area contributed by atoms with Gasteiger partial charge in [-0.1, -0.05) is 65.7 Å². The summed E-state index contributed by atoms with van der Waals surface area (Å²) in [6.45, 7) is 8.27. The number of carbonyl (C=O) groups excluding carboxylic acids is 1. The number of fused-ring (bicyclic) bond motifs is 1. The molecule has 0 unspecified atom stereocenters. The van der Waals surface area contributed by atoms with Gasteiger partial charge >= 0.3 is 0 Å². The van der Waals surface area contributed by atoms with E-state index in [1.54, 1.807) is 11.3 Å². The number of rotatable bonds is 4. The summed E-state index contributed by atoms with van der Waals surface area (Å²) in [4.78, 5) is 14.1. The molecule has 146 valence electrons. The van der Waals surface area contributed by atoms with Gasteiger partial charge in [0.15, 0.2) is 0 Å². The maximum absolute atomic E-state index is 13.3. The van der Waals surface area contributed by atoms with E-state index in [4.69, 9.17) is 0 Å². The second kappa shape index (κ2) is 7.84. The number of anilines is 1. The molecule has 0 saturated heterocycles. The third kappa shape index (κ3) is 3.96. The first-order valence-electron chi connectivity index (χ1n) is 9.87. The molecule has 0 fully saturated rings. The first kappa shape index (κ1) is 19.4. The number of hydrogen-bond donors (Lipinski definition) is 1. The van der Waals surface area contributed by atoms with Gasteiger partial charge in [0.05, 0.1) is 4.88 Å². The van der Waals surface area contributed by atoms with Gasteiger partial charge in [-0.2, -0.15) is 0 Å². The van der Waals surface area contributed by atoms with Gasteiger partial charge in [0.25, 0.3) is 5.91 Å². The maximum atomic E-state index is 13.3. The Bertz CT molecular complexity index is 1180. The van der Waals surface area contributed by atoms with Gasteiger partial charge < -0.3 is 5.32 Å². The Hall–Kier alpha value is -2.91. The molecular formula is C26H25NOS. The van der Waals surface area contributed by atoms with Crippen molar-refractivity contribution in [3.63, 3.8) is 0 Å². The van der Waals surface area contributed by atoms with Crippen molar-refractivity contribution in [2.45, 2.75) is 34.1 Å². The molecular weight excluding hydrogens is 374 g/mol. The number of thiophene rings is 1. The third-order valence-electron chi connectivity index (χ3n) is 5.32. The van der Waals surface area contributed by atoms with Crippen molar-refractivity contribution in [1.29, 1.82) is 0 Å². The smallest absolute Gasteiger partial charge is 0.266 e. The summed E-state index contributed by atoms with van der Waals surface area (Å²) in [6.07, 6.45) is 0.749. The largest absolute Gasteiger partial charge is 0.321 e. The van der Waals surface area contributed by atoms with Gasteiger partial charge in [-0.15, -0.1) is 11.3 Å². The number of aryl methyl sites for hydroxylation is 4. The molecule has 0 bridgehead atoms. The van der Waals surface area contributed by atoms with Crippen LogP contribution in [0.5, 0.6) is 0 Å². The van der Waals surface area contributed by atoms with Gasteiger partial charge in [0, 0.05) is 10.4 Å². The first-order chi connectivity index (χ1) is 13.9. The van der Waals surface area contributed by atoms with Gasteiger partial charge in [0.2, 0.25) is 0 Å². The van der Waals surface area contributed by atoms with Crippen molar-refractivity contribution in [2.75, 3.05) is 5.32 Å². The summed E-state index contributed by atoms with van der Waals surface area (Å²) in [7, 11) is 0. The van der Waals surface area contributed by atoms with Crippen molar-refractivity contribution in [2.24, 2.45) is 0 Å². The molecule has 0 aliphatic carbocycles. The van der Waals surface area contributed by atoms with E-state index >= 15 is 0 Å². The molecule has 1 N–H and O–H groups in total. The van der Waals surface area contributed by atoms with Crippen LogP contribution < -0.4 is 5.32 Å². The zero-order valence-electron chi connectivity index (χ0n) is 17.3. The number of benzene rings is 3. The molecule has 3 heteroatoms. The molecule has 0 atom stereocenters. The fourth-order valence-electron chi connectivity index (χ4n) is 3.92. The Morgan fingerprint density at radius 1 is 0.862 bits per heavy atom. The monoisotopic (exact) mass is 399 g/mol. The SMILES string of the molecule is Cc1ccc(Cc2c(C(=O)Nc3c(C)cc(C)cc3C)sc3ccccc23)cc1. The number of carbonyl (C=O) groups is 1. The Morgan fingerprint density at radius 3 is 2.21 bits per heavy atom. The summed E-state index contributed by atoms with van der Waals surface area (Å²) in [5.74, 6) is -0.0247. The van der Waals surface area contributed by atoms with Crippen molar-refractivity contribution in [1.82, 2.24) is 0 Å². The molecule has 29 heavy (non-hydrogen) atoms. The highest BCUT2D eigenvalue weighted by molar-refractivity contribution is 7.21. The predicted octanol–water partition coefficient (Wildman–Crippen LogP) is 6.98. The fraction of sp³-hybridized carbons (Fsp3) is 0.192. The zero-order chi connectivity index (χ0) is 20.5. The van der Waals surface area contributed by atoms with Crippen LogP contribution in [-0.2, 0) is 6.42 Å². The highest BCUT2D eigenvalue weighted by Gasteiger charge is 2.20. The van der Waals surface area contributed by atoms with E-state index in [0.717, 1.165) is 38.4 Å². The van der Waals surface area contributed by atoms with Gasteiger partial charge in [0.1, 0.15) is 0 Å². The fourth-order valence-corrected chi connectivity index (χ4v) is 5.03. The number of nitrogens with one attached hydrogen (secondary N) is 1. The summed E-state index contributed by atoms with van der Waals surface area (Å²) in [6, 6.07) is 21.1. The Balaban J connectivity index is 1.75. The standard InChI is InChI=1S/C26H25NOS/c1-16-9-11-20(12-10-16)15-22-21-7-5-6-8-23(21)29-25(22)26(28)27-24-18(3)13-17(2)14-19(24)4/h5-14H,15H2,1-4H3,(H,27,28). The molecule has 0 saturated carbocycles. The molecule has 2 nitrogen and oxygen atoms in total. The molecule has 4 rings (SSSR count). The summed E-state index contributed by atoms with van der Waals surface area (Å²) >= 11 is 1.58. The number of hydrogen-bond acceptors (Lipinski definition) is 2. The maximum Gasteiger partial charge on any atom is 0.266 e. The molecule has 0 aliphatic rings. The van der Waals surface area contributed by atoms with Crippen LogP contribution in [0.3, 0.4) is 0 Å². The van der Waals surface area contributed by atoms with E-state index in [-0.39, 0.29) is 5.91 Å². The van der Waals surface area contributed by atoms with E-state index in [0.29, 0.717) is 0 Å². The second-order valence-electron chi connectivity index (χ2n) is 7.80. The molecule has 1 aromatic heterocycles. The summed E-state index contributed by atoms with van der Waals surface area (Å²) in [5, 5.41) is 4.36. The number of amides is 1. The van der Waals surface area contributed by atoms with E-state index in [1.165, 1.54) is 22.1 Å². The molecule has 0 radical (unpaired) electrons. The lowest BCUT2D eigenvalue weighted by molar-refractivity contribution is 0.102. The van der Waals surface area contributed by atoms with E-state index in [2.05, 4.69) is 67.7 Å². The highest BCUT2D eigenvalue weighted by atomic mass is 32.1. The van der Waals surface area contributed by atoms with Gasteiger partial charge in [-0.3, -0.25) is 4.79 Å². The van der Waals surface area contributed by atoms with Crippen LogP contribution >= 0.6 is 11.3 Å². The van der Waals surface area contributed by atoms with Gasteiger partial charge in [-0.05, 0) is 67.8 Å². The van der Waals surface area contributed by atoms with Gasteiger partial charge in [-0.25, -0.2) is 0 Å². The third-order valence-corrected chi connectivity index (χ3v) is 6.53. The van der Waals surface area contributed by atoms with Crippen molar-refractivity contribution in [3.8, 4) is 0 Å². The van der Waals surface area contributed by atoms with Crippen molar-refractivity contribution in [3.05, 3.63) is 98.9 Å². The van der Waals surface area contributed by atoms with Crippen LogP contribution in [0.1, 0.15) is 43.1 Å². The van der Waals surface area contributed by atoms with Crippen molar-refractivity contribution >= 4 is 33.0 Å². The average molecular weight is 400 g/mol. The van der Waals surface area contributed by atoms with E-state index < -0.39 is 0 Å². The Kier molecular flexibility index (Phi) is 5.25. The molecule has 0 spiro atoms. The summed E-state index contributed by atoms with van der Waals surface area (Å²) in [5.41, 5.74) is 7.88. The minimum Gasteiger partial charge on any atom is -0.321 e. The van der Waals surface area contributed by atoms with Crippen LogP contribution in [0, 0.1) is 27.7 Å².